The van der Waals surface area contributed by atoms with Gasteiger partial charge in [0.05, 0.1) is 12.6 Å². The number of carbonyl (C=O) groups excluding carboxylic acids is 2. The van der Waals surface area contributed by atoms with Gasteiger partial charge in [-0.2, -0.15) is 0 Å². The zero-order chi connectivity index (χ0) is 21.8. The molecule has 1 N–H and O–H groups in total. The molecule has 0 spiro atoms. The number of likely N-dealkylation sites (tertiary alicyclic amines) is 1. The molecule has 1 aromatic rings. The molecule has 3 aliphatic rings. The predicted octanol–water partition coefficient (Wildman–Crippen LogP) is 2.15. The number of rotatable bonds is 5. The summed E-state index contributed by atoms with van der Waals surface area (Å²) in [6.45, 7) is 7.98. The number of nitrogens with one attached hydrogen (secondary N) is 1. The first-order valence-electron chi connectivity index (χ1n) is 11.8. The fourth-order valence-corrected chi connectivity index (χ4v) is 5.08. The first kappa shape index (κ1) is 22.0. The van der Waals surface area contributed by atoms with E-state index in [4.69, 9.17) is 14.7 Å². The van der Waals surface area contributed by atoms with E-state index >= 15 is 0 Å². The van der Waals surface area contributed by atoms with E-state index in [2.05, 4.69) is 17.1 Å². The van der Waals surface area contributed by atoms with Crippen LogP contribution in [-0.2, 0) is 20.7 Å². The van der Waals surface area contributed by atoms with Gasteiger partial charge in [0, 0.05) is 51.0 Å². The second-order valence-electron chi connectivity index (χ2n) is 9.08. The van der Waals surface area contributed by atoms with Crippen molar-refractivity contribution in [3.63, 3.8) is 0 Å². The van der Waals surface area contributed by atoms with Crippen LogP contribution in [0.4, 0.5) is 5.82 Å². The molecule has 31 heavy (non-hydrogen) atoms. The van der Waals surface area contributed by atoms with Gasteiger partial charge in [0.25, 0.3) is 0 Å². The molecule has 2 amide bonds. The second-order valence-corrected chi connectivity index (χ2v) is 9.08. The molecule has 4 rings (SSSR count). The number of piperidine rings is 1. The molecule has 8 heteroatoms. The number of carbonyl (C=O) groups is 2. The van der Waals surface area contributed by atoms with E-state index in [-0.39, 0.29) is 24.4 Å². The van der Waals surface area contributed by atoms with Gasteiger partial charge in [-0.25, -0.2) is 9.97 Å². The summed E-state index contributed by atoms with van der Waals surface area (Å²) in [5, 5.41) is 2.64. The molecule has 1 aromatic heterocycles. The Morgan fingerprint density at radius 3 is 2.68 bits per heavy atom. The molecule has 3 aliphatic heterocycles. The number of aromatic nitrogens is 2. The van der Waals surface area contributed by atoms with Crippen LogP contribution < -0.4 is 10.2 Å². The summed E-state index contributed by atoms with van der Waals surface area (Å²) in [6.07, 6.45) is 7.26. The third kappa shape index (κ3) is 5.17. The summed E-state index contributed by atoms with van der Waals surface area (Å²) in [6, 6.07) is -0.120. The minimum absolute atomic E-state index is 0.0334. The van der Waals surface area contributed by atoms with Gasteiger partial charge in [-0.3, -0.25) is 9.59 Å². The van der Waals surface area contributed by atoms with Gasteiger partial charge in [0.15, 0.2) is 5.82 Å². The van der Waals surface area contributed by atoms with Crippen LogP contribution in [0.5, 0.6) is 0 Å². The summed E-state index contributed by atoms with van der Waals surface area (Å²) in [5.41, 5.74) is 2.30. The molecule has 0 saturated carbocycles. The van der Waals surface area contributed by atoms with Gasteiger partial charge in [-0.15, -0.1) is 0 Å². The first-order valence-corrected chi connectivity index (χ1v) is 11.8. The molecule has 8 nitrogen and oxygen atoms in total. The molecular weight excluding hydrogens is 394 g/mol. The Balaban J connectivity index is 1.57. The number of fused-ring (bicyclic) bond motifs is 1. The van der Waals surface area contributed by atoms with Gasteiger partial charge in [-0.05, 0) is 57.8 Å². The lowest BCUT2D eigenvalue weighted by atomic mass is 9.96. The minimum atomic E-state index is -0.188. The number of amides is 2. The fourth-order valence-electron chi connectivity index (χ4n) is 5.08. The summed E-state index contributed by atoms with van der Waals surface area (Å²) in [5.74, 6) is 2.22. The Bertz CT molecular complexity index is 809. The molecule has 0 bridgehead atoms. The highest BCUT2D eigenvalue weighted by molar-refractivity contribution is 5.84. The molecular formula is C23H35N5O3. The topological polar surface area (TPSA) is 87.7 Å². The van der Waals surface area contributed by atoms with Gasteiger partial charge >= 0.3 is 0 Å². The van der Waals surface area contributed by atoms with Crippen molar-refractivity contribution in [2.45, 2.75) is 64.8 Å². The molecule has 2 fully saturated rings. The SMILES string of the molecule is CC(=O)NCC(=O)N1CCCC[C@@H]1c1nc(C)c2c(n1)N(CC1CCOCC1)CCC2. The lowest BCUT2D eigenvalue weighted by Gasteiger charge is -2.38. The zero-order valence-electron chi connectivity index (χ0n) is 18.9. The smallest absolute Gasteiger partial charge is 0.242 e. The van der Waals surface area contributed by atoms with Gasteiger partial charge in [0.1, 0.15) is 5.82 Å². The van der Waals surface area contributed by atoms with Crippen LogP contribution in [0.25, 0.3) is 0 Å². The van der Waals surface area contributed by atoms with Gasteiger partial charge in [0.2, 0.25) is 11.8 Å². The lowest BCUT2D eigenvalue weighted by molar-refractivity contribution is -0.136. The van der Waals surface area contributed by atoms with Crippen molar-refractivity contribution in [2.75, 3.05) is 44.3 Å². The normalized spacial score (nSPS) is 22.2. The van der Waals surface area contributed by atoms with Crippen molar-refractivity contribution in [1.82, 2.24) is 20.2 Å². The van der Waals surface area contributed by atoms with Crippen LogP contribution >= 0.6 is 0 Å². The van der Waals surface area contributed by atoms with Crippen molar-refractivity contribution in [3.8, 4) is 0 Å². The maximum absolute atomic E-state index is 12.8. The van der Waals surface area contributed by atoms with E-state index in [0.29, 0.717) is 12.5 Å². The second kappa shape index (κ2) is 9.94. The van der Waals surface area contributed by atoms with Crippen LogP contribution in [0.3, 0.4) is 0 Å². The van der Waals surface area contributed by atoms with E-state index in [1.165, 1.54) is 12.5 Å². The number of hydrogen-bond acceptors (Lipinski definition) is 6. The monoisotopic (exact) mass is 429 g/mol. The summed E-state index contributed by atoms with van der Waals surface area (Å²) in [4.78, 5) is 38.4. The van der Waals surface area contributed by atoms with Gasteiger partial charge < -0.3 is 19.9 Å². The van der Waals surface area contributed by atoms with Crippen LogP contribution in [0.2, 0.25) is 0 Å². The highest BCUT2D eigenvalue weighted by Gasteiger charge is 2.32. The Morgan fingerprint density at radius 2 is 1.90 bits per heavy atom. The molecule has 0 aliphatic carbocycles. The summed E-state index contributed by atoms with van der Waals surface area (Å²) < 4.78 is 5.54. The Labute approximate surface area is 184 Å². The van der Waals surface area contributed by atoms with Gasteiger partial charge in [-0.1, -0.05) is 0 Å². The number of nitrogens with zero attached hydrogens (tertiary/aromatic N) is 4. The highest BCUT2D eigenvalue weighted by Crippen LogP contribution is 2.34. The Hall–Kier alpha value is -2.22. The van der Waals surface area contributed by atoms with Crippen molar-refractivity contribution in [2.24, 2.45) is 5.92 Å². The number of aryl methyl sites for hydroxylation is 1. The average Bonchev–Trinajstić information content (AvgIpc) is 2.78. The fraction of sp³-hybridized carbons (Fsp3) is 0.739. The van der Waals surface area contributed by atoms with Crippen molar-refractivity contribution in [1.29, 1.82) is 0 Å². The lowest BCUT2D eigenvalue weighted by Crippen LogP contribution is -2.44. The van der Waals surface area contributed by atoms with E-state index < -0.39 is 0 Å². The zero-order valence-corrected chi connectivity index (χ0v) is 18.9. The van der Waals surface area contributed by atoms with E-state index in [1.807, 2.05) is 4.90 Å². The van der Waals surface area contributed by atoms with Crippen molar-refractivity contribution in [3.05, 3.63) is 17.1 Å². The standard InChI is InChI=1S/C23H35N5O3/c1-16-19-6-5-10-27(15-18-8-12-31-13-9-18)23(19)26-22(25-16)20-7-3-4-11-28(20)21(30)14-24-17(2)29/h18,20H,3-15H2,1-2H3,(H,24,29)/t20-/m1/s1. The maximum Gasteiger partial charge on any atom is 0.242 e. The maximum atomic E-state index is 12.8. The Kier molecular flexibility index (Phi) is 7.05. The quantitative estimate of drug-likeness (QED) is 0.772. The number of anilines is 1. The van der Waals surface area contributed by atoms with E-state index in [9.17, 15) is 9.59 Å². The van der Waals surface area contributed by atoms with Crippen LogP contribution in [0.1, 0.15) is 68.6 Å². The molecule has 0 aromatic carbocycles. The molecule has 1 atom stereocenters. The first-order chi connectivity index (χ1) is 15.0. The molecule has 170 valence electrons. The number of hydrogen-bond donors (Lipinski definition) is 1. The number of ether oxygens (including phenoxy) is 1. The molecule has 0 radical (unpaired) electrons. The predicted molar refractivity (Wildman–Crippen MR) is 118 cm³/mol. The largest absolute Gasteiger partial charge is 0.381 e. The van der Waals surface area contributed by atoms with Crippen LogP contribution in [-0.4, -0.2) is 66.1 Å². The summed E-state index contributed by atoms with van der Waals surface area (Å²) in [7, 11) is 0. The van der Waals surface area contributed by atoms with E-state index in [0.717, 1.165) is 88.6 Å². The molecule has 4 heterocycles. The van der Waals surface area contributed by atoms with E-state index in [1.54, 1.807) is 0 Å². The summed E-state index contributed by atoms with van der Waals surface area (Å²) >= 11 is 0. The van der Waals surface area contributed by atoms with Crippen molar-refractivity contribution >= 4 is 17.6 Å². The van der Waals surface area contributed by atoms with Crippen molar-refractivity contribution < 1.29 is 14.3 Å². The average molecular weight is 430 g/mol. The highest BCUT2D eigenvalue weighted by atomic mass is 16.5. The molecule has 0 unspecified atom stereocenters. The minimum Gasteiger partial charge on any atom is -0.381 e. The Morgan fingerprint density at radius 1 is 1.10 bits per heavy atom. The molecule has 2 saturated heterocycles. The third-order valence-electron chi connectivity index (χ3n) is 6.79. The van der Waals surface area contributed by atoms with Crippen LogP contribution in [0, 0.1) is 12.8 Å². The van der Waals surface area contributed by atoms with Crippen LogP contribution in [0.15, 0.2) is 0 Å². The third-order valence-corrected chi connectivity index (χ3v) is 6.79.